The van der Waals surface area contributed by atoms with Crippen LogP contribution in [0.1, 0.15) is 105 Å². The fraction of sp³-hybridized carbons (Fsp3) is 0.522. The van der Waals surface area contributed by atoms with Gasteiger partial charge in [-0.2, -0.15) is 0 Å². The molecule has 0 aliphatic carbocycles. The molecule has 0 radical (unpaired) electrons. The van der Waals surface area contributed by atoms with E-state index in [1.165, 1.54) is 0 Å². The first-order valence-corrected chi connectivity index (χ1v) is 31.4. The lowest BCUT2D eigenvalue weighted by Crippen LogP contribution is -2.44. The summed E-state index contributed by atoms with van der Waals surface area (Å²) in [5.74, 6) is 3.54. The first-order chi connectivity index (χ1) is 24.2. The molecule has 3 rings (SSSR count). The maximum absolute atomic E-state index is 6.79. The standard InChI is InChI=1S/C46H74O4Si4/c1-43(2,3)51(13,14)47-39-29-37(30-40(33-39)48-52(15,16)44(4,5)6)27-25-35-21-23-36(24-22-35)26-28-38-31-41(49-53(17,18)45(7,8)9)34-42(32-38)50-54(19,20)46(10,11)12/h21-34H,1-20H3/b27-25+,28-26+. The van der Waals surface area contributed by atoms with Crippen molar-refractivity contribution in [2.75, 3.05) is 0 Å². The molecule has 0 aliphatic rings. The lowest BCUT2D eigenvalue weighted by Gasteiger charge is -2.38. The van der Waals surface area contributed by atoms with Crippen molar-refractivity contribution < 1.29 is 17.7 Å². The fourth-order valence-electron chi connectivity index (χ4n) is 4.51. The molecular formula is C46H74O4Si4. The van der Waals surface area contributed by atoms with Gasteiger partial charge >= 0.3 is 0 Å². The quantitative estimate of drug-likeness (QED) is 0.135. The first kappa shape index (κ1) is 45.6. The highest BCUT2D eigenvalue weighted by Crippen LogP contribution is 2.43. The van der Waals surface area contributed by atoms with Crippen LogP contribution in [0.15, 0.2) is 60.7 Å². The van der Waals surface area contributed by atoms with Crippen LogP contribution in [0.4, 0.5) is 0 Å². The second kappa shape index (κ2) is 16.0. The van der Waals surface area contributed by atoms with E-state index in [2.05, 4.69) is 220 Å². The Kier molecular flexibility index (Phi) is 13.5. The third kappa shape index (κ3) is 12.1. The number of hydrogen-bond donors (Lipinski definition) is 0. The molecule has 0 saturated carbocycles. The molecule has 0 unspecified atom stereocenters. The van der Waals surface area contributed by atoms with Crippen LogP contribution in [-0.4, -0.2) is 33.3 Å². The lowest BCUT2D eigenvalue weighted by atomic mass is 10.1. The Morgan fingerprint density at radius 1 is 0.315 bits per heavy atom. The van der Waals surface area contributed by atoms with Crippen LogP contribution in [-0.2, 0) is 0 Å². The SMILES string of the molecule is CC(C)(C)[Si](C)(C)Oc1cc(/C=C/c2ccc(/C=C/c3cc(O[Si](C)(C)C(C)(C)C)cc(O[Si](C)(C)C(C)(C)C)c3)cc2)cc(O[Si](C)(C)C(C)(C)C)c1. The molecule has 0 heterocycles. The van der Waals surface area contributed by atoms with E-state index in [1.807, 2.05) is 0 Å². The van der Waals surface area contributed by atoms with Crippen molar-refractivity contribution in [2.45, 2.75) is 156 Å². The van der Waals surface area contributed by atoms with Gasteiger partial charge in [-0.3, -0.25) is 0 Å². The highest BCUT2D eigenvalue weighted by atomic mass is 28.4. The summed E-state index contributed by atoms with van der Waals surface area (Å²) < 4.78 is 27.2. The van der Waals surface area contributed by atoms with Gasteiger partial charge in [0.1, 0.15) is 23.0 Å². The number of benzene rings is 3. The fourth-order valence-corrected chi connectivity index (χ4v) is 8.56. The van der Waals surface area contributed by atoms with Crippen LogP contribution < -0.4 is 17.7 Å². The number of rotatable bonds is 12. The highest BCUT2D eigenvalue weighted by Gasteiger charge is 2.42. The number of hydrogen-bond acceptors (Lipinski definition) is 4. The Morgan fingerprint density at radius 3 is 0.685 bits per heavy atom. The van der Waals surface area contributed by atoms with Crippen LogP contribution in [0.5, 0.6) is 23.0 Å². The molecule has 0 N–H and O–H groups in total. The van der Waals surface area contributed by atoms with Crippen LogP contribution >= 0.6 is 0 Å². The van der Waals surface area contributed by atoms with Gasteiger partial charge in [-0.1, -0.05) is 132 Å². The monoisotopic (exact) mass is 802 g/mol. The van der Waals surface area contributed by atoms with E-state index in [9.17, 15) is 0 Å². The smallest absolute Gasteiger partial charge is 0.250 e. The summed E-state index contributed by atoms with van der Waals surface area (Å²) >= 11 is 0. The minimum atomic E-state index is -2.04. The highest BCUT2D eigenvalue weighted by molar-refractivity contribution is 6.76. The van der Waals surface area contributed by atoms with Crippen molar-refractivity contribution in [3.63, 3.8) is 0 Å². The van der Waals surface area contributed by atoms with Crippen molar-refractivity contribution in [3.05, 3.63) is 82.9 Å². The van der Waals surface area contributed by atoms with E-state index in [1.54, 1.807) is 0 Å². The van der Waals surface area contributed by atoms with Crippen LogP contribution in [0.2, 0.25) is 72.5 Å². The van der Waals surface area contributed by atoms with Gasteiger partial charge < -0.3 is 17.7 Å². The van der Waals surface area contributed by atoms with E-state index < -0.39 is 33.3 Å². The molecule has 0 aromatic heterocycles. The van der Waals surface area contributed by atoms with E-state index in [4.69, 9.17) is 17.7 Å². The van der Waals surface area contributed by atoms with Crippen molar-refractivity contribution in [3.8, 4) is 23.0 Å². The normalized spacial score (nSPS) is 14.1. The van der Waals surface area contributed by atoms with Crippen molar-refractivity contribution >= 4 is 57.6 Å². The maximum atomic E-state index is 6.79. The molecule has 0 fully saturated rings. The Balaban J connectivity index is 1.93. The average molecular weight is 803 g/mol. The summed E-state index contributed by atoms with van der Waals surface area (Å²) in [7, 11) is -8.17. The third-order valence-corrected chi connectivity index (χ3v) is 29.8. The molecule has 0 amide bonds. The van der Waals surface area contributed by atoms with Crippen molar-refractivity contribution in [1.82, 2.24) is 0 Å². The van der Waals surface area contributed by atoms with Crippen LogP contribution in [0.25, 0.3) is 24.3 Å². The second-order valence-electron chi connectivity index (χ2n) is 21.3. The Hall–Kier alpha value is -2.79. The van der Waals surface area contributed by atoms with Gasteiger partial charge in [-0.25, -0.2) is 0 Å². The summed E-state index contributed by atoms with van der Waals surface area (Å²) in [6.45, 7) is 45.7. The zero-order chi connectivity index (χ0) is 41.3. The predicted octanol–water partition coefficient (Wildman–Crippen LogP) is 15.6. The van der Waals surface area contributed by atoms with Gasteiger partial charge in [0.2, 0.25) is 33.3 Å². The molecular weight excluding hydrogens is 729 g/mol. The second-order valence-corrected chi connectivity index (χ2v) is 40.2. The largest absolute Gasteiger partial charge is 0.543 e. The summed E-state index contributed by atoms with van der Waals surface area (Å²) in [6, 6.07) is 21.5. The molecule has 0 bridgehead atoms. The van der Waals surface area contributed by atoms with Gasteiger partial charge in [-0.15, -0.1) is 0 Å². The molecule has 0 saturated heterocycles. The summed E-state index contributed by atoms with van der Waals surface area (Å²) in [5, 5.41) is 0.379. The van der Waals surface area contributed by atoms with Gasteiger partial charge in [0.25, 0.3) is 0 Å². The maximum Gasteiger partial charge on any atom is 0.250 e. The zero-order valence-electron chi connectivity index (χ0n) is 37.7. The van der Waals surface area contributed by atoms with Gasteiger partial charge in [-0.05, 0) is 119 Å². The van der Waals surface area contributed by atoms with Crippen molar-refractivity contribution in [1.29, 1.82) is 0 Å². The minimum Gasteiger partial charge on any atom is -0.543 e. The Labute approximate surface area is 335 Å². The first-order valence-electron chi connectivity index (χ1n) is 19.7. The Bertz CT molecular complexity index is 1570. The van der Waals surface area contributed by atoms with Crippen LogP contribution in [0, 0.1) is 0 Å². The van der Waals surface area contributed by atoms with E-state index >= 15 is 0 Å². The predicted molar refractivity (Wildman–Crippen MR) is 248 cm³/mol. The molecule has 0 atom stereocenters. The minimum absolute atomic E-state index is 0.0948. The van der Waals surface area contributed by atoms with E-state index in [0.29, 0.717) is 0 Å². The molecule has 54 heavy (non-hydrogen) atoms. The summed E-state index contributed by atoms with van der Waals surface area (Å²) in [5.41, 5.74) is 4.40. The zero-order valence-corrected chi connectivity index (χ0v) is 41.7. The molecule has 0 spiro atoms. The molecule has 298 valence electrons. The van der Waals surface area contributed by atoms with E-state index in [-0.39, 0.29) is 20.2 Å². The molecule has 3 aromatic rings. The van der Waals surface area contributed by atoms with Gasteiger partial charge in [0, 0.05) is 12.1 Å². The van der Waals surface area contributed by atoms with Crippen LogP contribution in [0.3, 0.4) is 0 Å². The van der Waals surface area contributed by atoms with Gasteiger partial charge in [0.15, 0.2) is 0 Å². The summed E-state index contributed by atoms with van der Waals surface area (Å²) in [4.78, 5) is 0. The molecule has 0 aliphatic heterocycles. The molecule has 3 aromatic carbocycles. The van der Waals surface area contributed by atoms with Crippen molar-refractivity contribution in [2.24, 2.45) is 0 Å². The lowest BCUT2D eigenvalue weighted by molar-refractivity contribution is 0.474. The average Bonchev–Trinajstić information content (AvgIpc) is 2.96. The third-order valence-electron chi connectivity index (χ3n) is 12.4. The van der Waals surface area contributed by atoms with Gasteiger partial charge in [0.05, 0.1) is 0 Å². The Morgan fingerprint density at radius 2 is 0.500 bits per heavy atom. The molecule has 8 heteroatoms. The summed E-state index contributed by atoms with van der Waals surface area (Å²) in [6.07, 6.45) is 8.67. The topological polar surface area (TPSA) is 36.9 Å². The van der Waals surface area contributed by atoms with E-state index in [0.717, 1.165) is 45.3 Å². The molecule has 4 nitrogen and oxygen atoms in total.